The van der Waals surface area contributed by atoms with Gasteiger partial charge in [0.15, 0.2) is 23.1 Å². The van der Waals surface area contributed by atoms with Gasteiger partial charge in [-0.05, 0) is 42.8 Å². The number of amides is 2. The number of aryl methyl sites for hydroxylation is 1. The van der Waals surface area contributed by atoms with Gasteiger partial charge in [-0.3, -0.25) is 14.6 Å². The summed E-state index contributed by atoms with van der Waals surface area (Å²) < 4.78 is 124. The van der Waals surface area contributed by atoms with Crippen LogP contribution in [0.4, 0.5) is 40.8 Å². The predicted octanol–water partition coefficient (Wildman–Crippen LogP) is 2.62. The van der Waals surface area contributed by atoms with Gasteiger partial charge in [-0.1, -0.05) is 0 Å². The number of aromatic nitrogens is 1. The molecule has 0 aliphatic carbocycles. The molecule has 0 aliphatic rings. The zero-order valence-electron chi connectivity index (χ0n) is 22.1. The van der Waals surface area contributed by atoms with Gasteiger partial charge in [-0.15, -0.1) is 13.2 Å². The normalized spacial score (nSPS) is 12.0. The molecule has 2 aromatic carbocycles. The maximum Gasteiger partial charge on any atom is 0.573 e. The number of benzene rings is 2. The maximum absolute atomic E-state index is 15.3. The zero-order valence-corrected chi connectivity index (χ0v) is 22.1. The summed E-state index contributed by atoms with van der Waals surface area (Å²) in [5.41, 5.74) is 1.66. The number of rotatable bonds is 8. The fourth-order valence-corrected chi connectivity index (χ4v) is 3.38. The van der Waals surface area contributed by atoms with Gasteiger partial charge in [-0.2, -0.15) is 17.6 Å². The minimum atomic E-state index is -5.30. The lowest BCUT2D eigenvalue weighted by molar-refractivity contribution is -0.275. The molecule has 2 amide bonds. The van der Waals surface area contributed by atoms with Crippen molar-refractivity contribution in [2.24, 2.45) is 5.73 Å². The Morgan fingerprint density at radius 3 is 2.05 bits per heavy atom. The minimum absolute atomic E-state index is 0.178. The van der Waals surface area contributed by atoms with Crippen molar-refractivity contribution in [1.29, 1.82) is 0 Å². The molecule has 0 bridgehead atoms. The fourth-order valence-electron chi connectivity index (χ4n) is 3.38. The third-order valence-electron chi connectivity index (χ3n) is 5.12. The molecule has 0 aliphatic heterocycles. The molecule has 220 valence electrons. The standard InChI is InChI=1S/C23H18B3F8N3O5/c1-8-7-36-11(19(35)38)6-10(8)37-20(39)15-12(3-2-9(16(15)27)21(29,30)31)40-14-5-4-13(41-23(32,33)34)17(28)18(14)42-22(24,25)26/h2-7H,24-26H2,1H3,(H2,35,38)(H,36,37,39). The van der Waals surface area contributed by atoms with Crippen LogP contribution in [0.3, 0.4) is 0 Å². The molecule has 0 saturated carbocycles. The van der Waals surface area contributed by atoms with E-state index in [1.807, 2.05) is 0 Å². The van der Waals surface area contributed by atoms with E-state index in [-0.39, 0.29) is 23.0 Å². The summed E-state index contributed by atoms with van der Waals surface area (Å²) in [6.45, 7) is 1.40. The number of anilines is 1. The van der Waals surface area contributed by atoms with Crippen LogP contribution in [-0.2, 0) is 6.18 Å². The quantitative estimate of drug-likeness (QED) is 0.304. The van der Waals surface area contributed by atoms with Crippen LogP contribution in [0.5, 0.6) is 23.0 Å². The highest BCUT2D eigenvalue weighted by molar-refractivity contribution is 6.58. The van der Waals surface area contributed by atoms with Crippen molar-refractivity contribution in [2.75, 3.05) is 5.32 Å². The first-order valence-corrected chi connectivity index (χ1v) is 11.6. The first-order valence-electron chi connectivity index (χ1n) is 11.6. The smallest absolute Gasteiger partial charge is 0.508 e. The maximum atomic E-state index is 15.3. The van der Waals surface area contributed by atoms with Gasteiger partial charge in [0.1, 0.15) is 40.5 Å². The van der Waals surface area contributed by atoms with Crippen LogP contribution >= 0.6 is 0 Å². The number of alkyl halides is 6. The van der Waals surface area contributed by atoms with Gasteiger partial charge >= 0.3 is 12.5 Å². The van der Waals surface area contributed by atoms with E-state index in [0.717, 1.165) is 12.3 Å². The Morgan fingerprint density at radius 2 is 1.50 bits per heavy atom. The van der Waals surface area contributed by atoms with Crippen LogP contribution in [0.1, 0.15) is 32.0 Å². The van der Waals surface area contributed by atoms with Gasteiger partial charge in [0, 0.05) is 17.2 Å². The highest BCUT2D eigenvalue weighted by atomic mass is 19.4. The summed E-state index contributed by atoms with van der Waals surface area (Å²) in [6.07, 6.45) is -9.46. The van der Waals surface area contributed by atoms with E-state index in [2.05, 4.69) is 15.0 Å². The van der Waals surface area contributed by atoms with Crippen molar-refractivity contribution >= 4 is 41.0 Å². The Hall–Kier alpha value is -4.44. The van der Waals surface area contributed by atoms with Gasteiger partial charge in [-0.25, -0.2) is 4.39 Å². The Bertz CT molecular complexity index is 1550. The van der Waals surface area contributed by atoms with E-state index in [1.54, 1.807) is 0 Å². The molecule has 3 N–H and O–H groups in total. The van der Waals surface area contributed by atoms with E-state index in [9.17, 15) is 35.9 Å². The number of ether oxygens (including phenoxy) is 3. The Labute approximate surface area is 234 Å². The number of pyridine rings is 1. The van der Waals surface area contributed by atoms with Gasteiger partial charge in [0.05, 0.1) is 5.56 Å². The average molecular weight is 601 g/mol. The fraction of sp³-hybridized carbons (Fsp3) is 0.174. The van der Waals surface area contributed by atoms with Crippen molar-refractivity contribution in [2.45, 2.75) is 24.8 Å². The molecular weight excluding hydrogens is 583 g/mol. The Balaban J connectivity index is 2.18. The number of hydrogen-bond acceptors (Lipinski definition) is 6. The van der Waals surface area contributed by atoms with E-state index >= 15 is 8.78 Å². The van der Waals surface area contributed by atoms with Gasteiger partial charge in [0.25, 0.3) is 11.8 Å². The first kappa shape index (κ1) is 32.1. The average Bonchev–Trinajstić information content (AvgIpc) is 2.82. The number of nitrogens with two attached hydrogens (primary N) is 1. The number of halogens is 8. The van der Waals surface area contributed by atoms with Crippen molar-refractivity contribution in [3.05, 3.63) is 70.5 Å². The lowest BCUT2D eigenvalue weighted by Crippen LogP contribution is -2.38. The molecule has 0 saturated heterocycles. The van der Waals surface area contributed by atoms with Crippen molar-refractivity contribution in [1.82, 2.24) is 4.98 Å². The molecule has 19 heteroatoms. The molecule has 42 heavy (non-hydrogen) atoms. The Morgan fingerprint density at radius 1 is 0.905 bits per heavy atom. The molecule has 8 nitrogen and oxygen atoms in total. The second-order valence-corrected chi connectivity index (χ2v) is 9.57. The highest BCUT2D eigenvalue weighted by Gasteiger charge is 2.38. The molecular formula is C23H18B3F8N3O5. The SMILES string of the molecule is BC(B)(B)Oc1c(Oc2ccc(C(F)(F)F)c(F)c2C(=O)Nc2cc(C(N)=O)ncc2C)ccc(OC(F)(F)F)c1F. The lowest BCUT2D eigenvalue weighted by Gasteiger charge is -2.25. The monoisotopic (exact) mass is 601 g/mol. The van der Waals surface area contributed by atoms with E-state index in [4.69, 9.17) is 15.2 Å². The number of nitrogens with zero attached hydrogens (tertiary/aromatic N) is 1. The molecule has 1 aromatic heterocycles. The van der Waals surface area contributed by atoms with Crippen LogP contribution in [0.25, 0.3) is 0 Å². The minimum Gasteiger partial charge on any atom is -0.508 e. The number of carbonyl (C=O) groups is 2. The summed E-state index contributed by atoms with van der Waals surface area (Å²) in [5.74, 6) is -10.3. The van der Waals surface area contributed by atoms with Crippen molar-refractivity contribution in [3.63, 3.8) is 0 Å². The van der Waals surface area contributed by atoms with E-state index in [0.29, 0.717) is 18.2 Å². The Kier molecular flexibility index (Phi) is 8.74. The predicted molar refractivity (Wildman–Crippen MR) is 139 cm³/mol. The molecule has 0 atom stereocenters. The second-order valence-electron chi connectivity index (χ2n) is 9.57. The summed E-state index contributed by atoms with van der Waals surface area (Å²) in [5, 5.41) is 0.877. The first-order chi connectivity index (χ1) is 19.2. The van der Waals surface area contributed by atoms with E-state index < -0.39 is 75.4 Å². The molecule has 3 aromatic rings. The molecule has 0 fully saturated rings. The third kappa shape index (κ3) is 7.64. The summed E-state index contributed by atoms with van der Waals surface area (Å²) in [7, 11) is 4.17. The zero-order chi connectivity index (χ0) is 31.8. The van der Waals surface area contributed by atoms with Crippen LogP contribution in [0, 0.1) is 18.6 Å². The molecule has 1 heterocycles. The topological polar surface area (TPSA) is 113 Å². The van der Waals surface area contributed by atoms with Crippen LogP contribution in [-0.4, -0.2) is 52.0 Å². The van der Waals surface area contributed by atoms with Crippen LogP contribution in [0.15, 0.2) is 36.5 Å². The van der Waals surface area contributed by atoms with Gasteiger partial charge < -0.3 is 25.3 Å². The largest absolute Gasteiger partial charge is 0.573 e. The molecule has 0 radical (unpaired) electrons. The molecule has 0 unspecified atom stereocenters. The summed E-state index contributed by atoms with van der Waals surface area (Å²) in [4.78, 5) is 28.4. The number of hydrogen-bond donors (Lipinski definition) is 2. The molecule has 0 spiro atoms. The summed E-state index contributed by atoms with van der Waals surface area (Å²) >= 11 is 0. The van der Waals surface area contributed by atoms with Crippen molar-refractivity contribution < 1.29 is 58.9 Å². The number of primary amides is 1. The van der Waals surface area contributed by atoms with Crippen molar-refractivity contribution in [3.8, 4) is 23.0 Å². The third-order valence-corrected chi connectivity index (χ3v) is 5.12. The lowest BCUT2D eigenvalue weighted by atomic mass is 9.52. The second kappa shape index (κ2) is 11.4. The van der Waals surface area contributed by atoms with Crippen LogP contribution < -0.4 is 25.3 Å². The summed E-state index contributed by atoms with van der Waals surface area (Å²) in [6, 6.07) is 2.99. The van der Waals surface area contributed by atoms with E-state index in [1.165, 1.54) is 30.5 Å². The molecule has 3 rings (SSSR count). The van der Waals surface area contributed by atoms with Gasteiger partial charge in [0.2, 0.25) is 5.82 Å². The number of nitrogens with one attached hydrogen (secondary N) is 1. The highest BCUT2D eigenvalue weighted by Crippen LogP contribution is 2.43. The number of carbonyl (C=O) groups excluding carboxylic acids is 2. The van der Waals surface area contributed by atoms with Crippen LogP contribution in [0.2, 0.25) is 0 Å².